The number of ether oxygens (including phenoxy) is 3. The second kappa shape index (κ2) is 15.0. The van der Waals surface area contributed by atoms with Crippen LogP contribution in [0.15, 0.2) is 91.0 Å². The highest BCUT2D eigenvalue weighted by Crippen LogP contribution is 2.43. The van der Waals surface area contributed by atoms with Gasteiger partial charge in [0, 0.05) is 44.8 Å². The second-order valence-electron chi connectivity index (χ2n) is 14.4. The molecule has 1 N–H and O–H groups in total. The number of fused-ring (bicyclic) bond motifs is 1. The summed E-state index contributed by atoms with van der Waals surface area (Å²) in [4.78, 5) is 21.5. The number of imidazole rings is 1. The van der Waals surface area contributed by atoms with Gasteiger partial charge in [-0.05, 0) is 65.9 Å². The van der Waals surface area contributed by atoms with Crippen LogP contribution in [0.5, 0.6) is 17.2 Å². The number of methoxy groups -OCH3 is 3. The molecule has 1 amide bonds. The first-order valence-corrected chi connectivity index (χ1v) is 18.1. The highest BCUT2D eigenvalue weighted by molar-refractivity contribution is 5.85. The van der Waals surface area contributed by atoms with E-state index in [2.05, 4.69) is 22.8 Å². The molecule has 52 heavy (non-hydrogen) atoms. The number of likely N-dealkylation sites (tertiary alicyclic amines) is 2. The van der Waals surface area contributed by atoms with E-state index in [9.17, 15) is 14.4 Å². The molecule has 10 heteroatoms. The number of halogens is 1. The van der Waals surface area contributed by atoms with Gasteiger partial charge in [0.2, 0.25) is 11.7 Å². The third kappa shape index (κ3) is 7.22. The molecule has 3 heterocycles. The summed E-state index contributed by atoms with van der Waals surface area (Å²) in [6, 6.07) is 28.8. The molecule has 2 fully saturated rings. The predicted molar refractivity (Wildman–Crippen MR) is 197 cm³/mol. The number of benzene rings is 4. The van der Waals surface area contributed by atoms with Gasteiger partial charge in [-0.3, -0.25) is 4.79 Å². The average molecular weight is 708 g/mol. The third-order valence-electron chi connectivity index (χ3n) is 11.2. The van der Waals surface area contributed by atoms with Crippen LogP contribution in [-0.2, 0) is 24.3 Å². The van der Waals surface area contributed by atoms with Crippen molar-refractivity contribution in [3.05, 3.63) is 119 Å². The maximum absolute atomic E-state index is 14.5. The highest BCUT2D eigenvalue weighted by atomic mass is 19.1. The molecule has 7 rings (SSSR count). The number of hydrogen-bond donors (Lipinski definition) is 1. The molecule has 5 aromatic rings. The maximum atomic E-state index is 14.5. The Morgan fingerprint density at radius 1 is 0.846 bits per heavy atom. The average Bonchev–Trinajstić information content (AvgIpc) is 3.68. The van der Waals surface area contributed by atoms with Crippen molar-refractivity contribution in [1.29, 1.82) is 0 Å². The summed E-state index contributed by atoms with van der Waals surface area (Å²) in [6.07, 6.45) is 3.46. The summed E-state index contributed by atoms with van der Waals surface area (Å²) >= 11 is 0. The van der Waals surface area contributed by atoms with Crippen LogP contribution in [0.3, 0.4) is 0 Å². The van der Waals surface area contributed by atoms with Gasteiger partial charge in [0.1, 0.15) is 31.3 Å². The third-order valence-corrected chi connectivity index (χ3v) is 11.2. The molecule has 2 saturated heterocycles. The van der Waals surface area contributed by atoms with Crippen molar-refractivity contribution in [1.82, 2.24) is 14.5 Å². The lowest BCUT2D eigenvalue weighted by atomic mass is 9.77. The molecule has 2 aliphatic rings. The van der Waals surface area contributed by atoms with Gasteiger partial charge < -0.3 is 23.7 Å². The number of hydrogen-bond acceptors (Lipinski definition) is 6. The lowest BCUT2D eigenvalue weighted by Crippen LogP contribution is -2.52. The molecule has 1 unspecified atom stereocenters. The van der Waals surface area contributed by atoms with Gasteiger partial charge in [-0.2, -0.15) is 4.65 Å². The van der Waals surface area contributed by atoms with Crippen LogP contribution in [0.4, 0.5) is 4.39 Å². The molecule has 9 nitrogen and oxygen atoms in total. The topological polar surface area (TPSA) is 86.1 Å². The fraction of sp³-hybridized carbons (Fsp3) is 0.381. The van der Waals surface area contributed by atoms with Crippen molar-refractivity contribution < 1.29 is 33.2 Å². The molecular formula is C42H48FN4O5+. The van der Waals surface area contributed by atoms with Crippen molar-refractivity contribution in [3.8, 4) is 17.2 Å². The zero-order chi connectivity index (χ0) is 36.3. The number of piperidine rings is 1. The molecule has 4 aromatic carbocycles. The number of nitrogens with zero attached hydrogens (tertiary/aromatic N) is 4. The number of aromatic nitrogens is 2. The Hall–Kier alpha value is -4.93. The standard InChI is InChI=1S/C42H48FN4O5/c1-50-37-25-32(26-38(51-2)39(37)52-3)28-45-21-19-42(41(45)48,27-30-9-5-4-6-10-30)20-24-47(49)22-17-33(18-23-47)40-44-35-11-7-8-12-36(35)46(40)29-31-13-15-34(43)16-14-31/h4-16,25-26,33,49H,17-24,27-29H2,1-3H3/q+1. The number of carbonyl (C=O) groups excluding carboxylic acids is 1. The number of carbonyl (C=O) groups is 1. The van der Waals surface area contributed by atoms with Gasteiger partial charge in [-0.1, -0.05) is 54.6 Å². The molecule has 0 spiro atoms. The Balaban J connectivity index is 1.08. The van der Waals surface area contributed by atoms with Crippen LogP contribution in [0, 0.1) is 11.2 Å². The molecule has 1 aromatic heterocycles. The molecule has 0 aliphatic carbocycles. The van der Waals surface area contributed by atoms with Crippen molar-refractivity contribution in [2.75, 3.05) is 47.5 Å². The quantitative estimate of drug-likeness (QED) is 0.129. The lowest BCUT2D eigenvalue weighted by Gasteiger charge is -2.39. The SMILES string of the molecule is COc1cc(CN2CCC(CC[N+]3(O)CCC(c4nc5ccccc5n4Cc4ccc(F)cc4)CC3)(Cc3ccccc3)C2=O)cc(OC)c1OC. The molecule has 1 atom stereocenters. The minimum atomic E-state index is -0.629. The largest absolute Gasteiger partial charge is 0.493 e. The van der Waals surface area contributed by atoms with Crippen molar-refractivity contribution in [2.45, 2.75) is 51.1 Å². The van der Waals surface area contributed by atoms with Crippen LogP contribution >= 0.6 is 0 Å². The zero-order valence-electron chi connectivity index (χ0n) is 30.3. The van der Waals surface area contributed by atoms with E-state index >= 15 is 0 Å². The smallest absolute Gasteiger partial charge is 0.229 e. The van der Waals surface area contributed by atoms with Crippen LogP contribution in [0.1, 0.15) is 54.1 Å². The van der Waals surface area contributed by atoms with Crippen LogP contribution in [0.2, 0.25) is 0 Å². The van der Waals surface area contributed by atoms with Crippen molar-refractivity contribution >= 4 is 16.9 Å². The summed E-state index contributed by atoms with van der Waals surface area (Å²) < 4.78 is 32.5. The Bertz CT molecular complexity index is 1980. The minimum absolute atomic E-state index is 0.0641. The summed E-state index contributed by atoms with van der Waals surface area (Å²) in [7, 11) is 4.76. The van der Waals surface area contributed by atoms with Gasteiger partial charge in [-0.15, -0.1) is 0 Å². The molecule has 0 radical (unpaired) electrons. The van der Waals surface area contributed by atoms with Crippen LogP contribution in [-0.4, -0.2) is 77.7 Å². The summed E-state index contributed by atoms with van der Waals surface area (Å²) in [5, 5.41) is 12.0. The summed E-state index contributed by atoms with van der Waals surface area (Å²) in [5.41, 5.74) is 4.39. The van der Waals surface area contributed by atoms with E-state index in [1.165, 1.54) is 12.1 Å². The van der Waals surface area contributed by atoms with E-state index in [4.69, 9.17) is 19.2 Å². The molecule has 0 bridgehead atoms. The lowest BCUT2D eigenvalue weighted by molar-refractivity contribution is -1.11. The van der Waals surface area contributed by atoms with Gasteiger partial charge >= 0.3 is 0 Å². The van der Waals surface area contributed by atoms with E-state index in [0.717, 1.165) is 46.4 Å². The first-order chi connectivity index (χ1) is 25.2. The summed E-state index contributed by atoms with van der Waals surface area (Å²) in [6.45, 7) is 3.30. The fourth-order valence-electron chi connectivity index (χ4n) is 8.26. The van der Waals surface area contributed by atoms with E-state index in [1.54, 1.807) is 21.3 Å². The minimum Gasteiger partial charge on any atom is -0.493 e. The zero-order valence-corrected chi connectivity index (χ0v) is 30.3. The van der Waals surface area contributed by atoms with Crippen LogP contribution in [0.25, 0.3) is 11.0 Å². The number of hydroxylamine groups is 3. The Morgan fingerprint density at radius 2 is 1.52 bits per heavy atom. The van der Waals surface area contributed by atoms with E-state index < -0.39 is 5.41 Å². The Labute approximate surface area is 304 Å². The predicted octanol–water partition coefficient (Wildman–Crippen LogP) is 7.38. The van der Waals surface area contributed by atoms with Gasteiger partial charge in [0.05, 0.1) is 37.8 Å². The first-order valence-electron chi connectivity index (χ1n) is 18.1. The maximum Gasteiger partial charge on any atom is 0.229 e. The molecule has 0 saturated carbocycles. The van der Waals surface area contributed by atoms with E-state index in [0.29, 0.717) is 75.8 Å². The van der Waals surface area contributed by atoms with Gasteiger partial charge in [0.15, 0.2) is 11.5 Å². The number of para-hydroxylation sites is 2. The normalized spacial score (nSPS) is 21.8. The molecular weight excluding hydrogens is 659 g/mol. The second-order valence-corrected chi connectivity index (χ2v) is 14.4. The first kappa shape index (κ1) is 35.5. The number of rotatable bonds is 13. The molecule has 272 valence electrons. The van der Waals surface area contributed by atoms with E-state index in [-0.39, 0.29) is 22.3 Å². The van der Waals surface area contributed by atoms with Crippen molar-refractivity contribution in [3.63, 3.8) is 0 Å². The number of amides is 1. The monoisotopic (exact) mass is 707 g/mol. The highest BCUT2D eigenvalue weighted by Gasteiger charge is 2.49. The fourth-order valence-corrected chi connectivity index (χ4v) is 8.26. The Morgan fingerprint density at radius 3 is 2.19 bits per heavy atom. The number of quaternary nitrogens is 1. The van der Waals surface area contributed by atoms with Crippen molar-refractivity contribution in [2.24, 2.45) is 5.41 Å². The van der Waals surface area contributed by atoms with Gasteiger partial charge in [-0.25, -0.2) is 14.6 Å². The van der Waals surface area contributed by atoms with Gasteiger partial charge in [0.25, 0.3) is 0 Å². The molecule has 2 aliphatic heterocycles. The van der Waals surface area contributed by atoms with E-state index in [1.807, 2.05) is 65.6 Å². The Kier molecular flexibility index (Phi) is 10.2. The van der Waals surface area contributed by atoms with Crippen LogP contribution < -0.4 is 14.2 Å². The summed E-state index contributed by atoms with van der Waals surface area (Å²) in [5.74, 6) is 2.67.